The lowest BCUT2D eigenvalue weighted by Crippen LogP contribution is -2.35. The fraction of sp³-hybridized carbons (Fsp3) is 0.333. The van der Waals surface area contributed by atoms with E-state index < -0.39 is 0 Å². The zero-order chi connectivity index (χ0) is 13.2. The molecule has 2 heteroatoms. The molecule has 106 valence electrons. The first-order valence-electron chi connectivity index (χ1n) is 7.15. The number of rotatable bonds is 2. The first-order valence-corrected chi connectivity index (χ1v) is 7.15. The lowest BCUT2D eigenvalue weighted by atomic mass is 9.71. The first-order chi connectivity index (χ1) is 9.27. The lowest BCUT2D eigenvalue weighted by molar-refractivity contribution is 0.422. The maximum atomic E-state index is 6.43. The molecule has 1 aliphatic carbocycles. The smallest absolute Gasteiger partial charge is 0.0117 e. The molecule has 0 spiro atoms. The molecule has 0 amide bonds. The molecule has 0 heterocycles. The average Bonchev–Trinajstić information content (AvgIpc) is 2.47. The quantitative estimate of drug-likeness (QED) is 0.877. The zero-order valence-corrected chi connectivity index (χ0v) is 12.6. The summed E-state index contributed by atoms with van der Waals surface area (Å²) >= 11 is 0. The van der Waals surface area contributed by atoms with Crippen molar-refractivity contribution in [3.63, 3.8) is 0 Å². The van der Waals surface area contributed by atoms with Gasteiger partial charge in [-0.2, -0.15) is 0 Å². The number of fused-ring (bicyclic) bond motifs is 1. The fourth-order valence-corrected chi connectivity index (χ4v) is 3.42. The minimum atomic E-state index is 0. The van der Waals surface area contributed by atoms with E-state index in [2.05, 4.69) is 61.5 Å². The average molecular weight is 288 g/mol. The highest BCUT2D eigenvalue weighted by atomic mass is 35.5. The van der Waals surface area contributed by atoms with Crippen molar-refractivity contribution in [1.29, 1.82) is 0 Å². The molecule has 2 aromatic carbocycles. The van der Waals surface area contributed by atoms with Gasteiger partial charge in [0, 0.05) is 12.0 Å². The molecule has 0 radical (unpaired) electrons. The Bertz CT molecular complexity index is 552. The third kappa shape index (κ3) is 2.74. The van der Waals surface area contributed by atoms with E-state index in [9.17, 15) is 0 Å². The van der Waals surface area contributed by atoms with Crippen LogP contribution < -0.4 is 5.73 Å². The predicted octanol–water partition coefficient (Wildman–Crippen LogP) is 4.27. The summed E-state index contributed by atoms with van der Waals surface area (Å²) in [5.41, 5.74) is 10.8. The van der Waals surface area contributed by atoms with Crippen molar-refractivity contribution >= 4 is 12.4 Å². The Labute approximate surface area is 127 Å². The van der Waals surface area contributed by atoms with Crippen molar-refractivity contribution in [2.75, 3.05) is 0 Å². The molecule has 0 saturated carbocycles. The molecule has 3 rings (SSSR count). The standard InChI is InChI=1S/C18H21N.ClH/c1-13(14-7-3-2-4-8-14)18-16-10-6-5-9-15(16)11-12-17(18)19;/h2-10,13,17-18H,11-12,19H2,1H3;1H/t13-,17?,18?;/m0./s1. The van der Waals surface area contributed by atoms with E-state index in [4.69, 9.17) is 5.73 Å². The molecule has 0 saturated heterocycles. The van der Waals surface area contributed by atoms with Crippen LogP contribution in [0.2, 0.25) is 0 Å². The van der Waals surface area contributed by atoms with Gasteiger partial charge in [0.15, 0.2) is 0 Å². The van der Waals surface area contributed by atoms with Gasteiger partial charge >= 0.3 is 0 Å². The van der Waals surface area contributed by atoms with Gasteiger partial charge in [0.05, 0.1) is 0 Å². The molecule has 2 unspecified atom stereocenters. The van der Waals surface area contributed by atoms with Gasteiger partial charge in [-0.05, 0) is 35.4 Å². The SMILES string of the molecule is C[C@@H](c1ccccc1)C1c2ccccc2CCC1N.Cl. The molecule has 0 fully saturated rings. The van der Waals surface area contributed by atoms with E-state index in [0.29, 0.717) is 11.8 Å². The van der Waals surface area contributed by atoms with E-state index in [1.54, 1.807) is 0 Å². The second kappa shape index (κ2) is 6.43. The Morgan fingerprint density at radius 1 is 1.00 bits per heavy atom. The first kappa shape index (κ1) is 15.1. The number of aryl methyl sites for hydroxylation is 1. The van der Waals surface area contributed by atoms with Gasteiger partial charge in [-0.3, -0.25) is 0 Å². The van der Waals surface area contributed by atoms with Crippen molar-refractivity contribution in [2.45, 2.75) is 37.6 Å². The summed E-state index contributed by atoms with van der Waals surface area (Å²) in [5, 5.41) is 0. The van der Waals surface area contributed by atoms with Crippen LogP contribution >= 0.6 is 12.4 Å². The van der Waals surface area contributed by atoms with Crippen LogP contribution in [0.4, 0.5) is 0 Å². The topological polar surface area (TPSA) is 26.0 Å². The number of halogens is 1. The molecule has 0 aliphatic heterocycles. The number of benzene rings is 2. The van der Waals surface area contributed by atoms with Gasteiger partial charge in [-0.15, -0.1) is 12.4 Å². The molecule has 0 aromatic heterocycles. The van der Waals surface area contributed by atoms with Crippen LogP contribution in [0.3, 0.4) is 0 Å². The van der Waals surface area contributed by atoms with Crippen LogP contribution in [0.5, 0.6) is 0 Å². The lowest BCUT2D eigenvalue weighted by Gasteiger charge is -2.35. The maximum absolute atomic E-state index is 6.43. The zero-order valence-electron chi connectivity index (χ0n) is 11.8. The highest BCUT2D eigenvalue weighted by molar-refractivity contribution is 5.85. The van der Waals surface area contributed by atoms with Crippen molar-refractivity contribution in [3.8, 4) is 0 Å². The predicted molar refractivity (Wildman–Crippen MR) is 87.6 cm³/mol. The highest BCUT2D eigenvalue weighted by Gasteiger charge is 2.31. The number of nitrogens with two attached hydrogens (primary N) is 1. The fourth-order valence-electron chi connectivity index (χ4n) is 3.42. The second-order valence-electron chi connectivity index (χ2n) is 5.63. The van der Waals surface area contributed by atoms with Crippen LogP contribution in [-0.2, 0) is 6.42 Å². The van der Waals surface area contributed by atoms with E-state index in [1.807, 2.05) is 0 Å². The maximum Gasteiger partial charge on any atom is 0.0117 e. The normalized spacial score (nSPS) is 22.5. The van der Waals surface area contributed by atoms with Crippen molar-refractivity contribution in [2.24, 2.45) is 5.73 Å². The number of hydrogen-bond acceptors (Lipinski definition) is 1. The Morgan fingerprint density at radius 3 is 2.40 bits per heavy atom. The largest absolute Gasteiger partial charge is 0.327 e. The van der Waals surface area contributed by atoms with E-state index >= 15 is 0 Å². The van der Waals surface area contributed by atoms with Crippen molar-refractivity contribution in [3.05, 3.63) is 71.3 Å². The molecular formula is C18H22ClN. The van der Waals surface area contributed by atoms with Crippen LogP contribution in [0, 0.1) is 0 Å². The summed E-state index contributed by atoms with van der Waals surface area (Å²) in [6.07, 6.45) is 2.22. The summed E-state index contributed by atoms with van der Waals surface area (Å²) < 4.78 is 0. The van der Waals surface area contributed by atoms with Crippen LogP contribution in [0.25, 0.3) is 0 Å². The van der Waals surface area contributed by atoms with E-state index in [-0.39, 0.29) is 18.4 Å². The van der Waals surface area contributed by atoms with Gasteiger partial charge in [-0.1, -0.05) is 61.5 Å². The van der Waals surface area contributed by atoms with E-state index in [1.165, 1.54) is 16.7 Å². The Balaban J connectivity index is 0.00000147. The molecule has 0 bridgehead atoms. The van der Waals surface area contributed by atoms with E-state index in [0.717, 1.165) is 12.8 Å². The minimum Gasteiger partial charge on any atom is -0.327 e. The van der Waals surface area contributed by atoms with Crippen molar-refractivity contribution in [1.82, 2.24) is 0 Å². The Morgan fingerprint density at radius 2 is 1.65 bits per heavy atom. The molecule has 1 aliphatic rings. The summed E-state index contributed by atoms with van der Waals surface area (Å²) in [7, 11) is 0. The Kier molecular flexibility index (Phi) is 4.85. The van der Waals surface area contributed by atoms with Gasteiger partial charge in [0.25, 0.3) is 0 Å². The van der Waals surface area contributed by atoms with Gasteiger partial charge in [0.1, 0.15) is 0 Å². The summed E-state index contributed by atoms with van der Waals surface area (Å²) in [6.45, 7) is 2.31. The van der Waals surface area contributed by atoms with Gasteiger partial charge in [0.2, 0.25) is 0 Å². The van der Waals surface area contributed by atoms with Crippen LogP contribution in [-0.4, -0.2) is 6.04 Å². The van der Waals surface area contributed by atoms with Gasteiger partial charge < -0.3 is 5.73 Å². The van der Waals surface area contributed by atoms with Crippen LogP contribution in [0.1, 0.15) is 41.9 Å². The molecule has 2 N–H and O–H groups in total. The van der Waals surface area contributed by atoms with Crippen molar-refractivity contribution < 1.29 is 0 Å². The third-order valence-electron chi connectivity index (χ3n) is 4.49. The Hall–Kier alpha value is -1.31. The summed E-state index contributed by atoms with van der Waals surface area (Å²) in [5.74, 6) is 0.907. The summed E-state index contributed by atoms with van der Waals surface area (Å²) in [4.78, 5) is 0. The summed E-state index contributed by atoms with van der Waals surface area (Å²) in [6, 6.07) is 19.8. The van der Waals surface area contributed by atoms with Gasteiger partial charge in [-0.25, -0.2) is 0 Å². The number of hydrogen-bond donors (Lipinski definition) is 1. The minimum absolute atomic E-state index is 0. The molecule has 1 nitrogen and oxygen atoms in total. The molecule has 3 atom stereocenters. The van der Waals surface area contributed by atoms with Crippen LogP contribution in [0.15, 0.2) is 54.6 Å². The molecular weight excluding hydrogens is 266 g/mol. The molecule has 2 aromatic rings. The third-order valence-corrected chi connectivity index (χ3v) is 4.49. The highest BCUT2D eigenvalue weighted by Crippen LogP contribution is 2.40. The molecule has 20 heavy (non-hydrogen) atoms. The monoisotopic (exact) mass is 287 g/mol. The second-order valence-corrected chi connectivity index (χ2v) is 5.63.